The molecule has 1 atom stereocenters. The quantitative estimate of drug-likeness (QED) is 0.538. The van der Waals surface area contributed by atoms with E-state index in [1.54, 1.807) is 0 Å². The highest BCUT2D eigenvalue weighted by Crippen LogP contribution is 2.19. The second-order valence-electron chi connectivity index (χ2n) is 3.84. The summed E-state index contributed by atoms with van der Waals surface area (Å²) >= 11 is 0. The van der Waals surface area contributed by atoms with Crippen LogP contribution in [0.1, 0.15) is 17.3 Å². The zero-order valence-corrected chi connectivity index (χ0v) is 10.9. The van der Waals surface area contributed by atoms with Crippen LogP contribution < -0.4 is 11.1 Å². The summed E-state index contributed by atoms with van der Waals surface area (Å²) in [6.07, 6.45) is 0. The third-order valence-electron chi connectivity index (χ3n) is 2.37. The van der Waals surface area contributed by atoms with Crippen molar-refractivity contribution in [3.8, 4) is 0 Å². The predicted octanol–water partition coefficient (Wildman–Crippen LogP) is 0.492. The molecule has 1 rings (SSSR count). The number of carbonyl (C=O) groups is 3. The van der Waals surface area contributed by atoms with E-state index in [9.17, 15) is 23.2 Å². The summed E-state index contributed by atoms with van der Waals surface area (Å²) in [7, 11) is 0. The predicted molar refractivity (Wildman–Crippen MR) is 66.6 cm³/mol. The smallest absolute Gasteiger partial charge is 0.338 e. The van der Waals surface area contributed by atoms with Crippen LogP contribution in [0.3, 0.4) is 0 Å². The molecule has 9 heteroatoms. The lowest BCUT2D eigenvalue weighted by Crippen LogP contribution is -2.43. The molecule has 0 bridgehead atoms. The highest BCUT2D eigenvalue weighted by Gasteiger charge is 2.25. The van der Waals surface area contributed by atoms with Crippen molar-refractivity contribution < 1.29 is 33.0 Å². The van der Waals surface area contributed by atoms with Crippen LogP contribution in [0, 0.1) is 11.6 Å². The van der Waals surface area contributed by atoms with E-state index in [0.717, 1.165) is 0 Å². The van der Waals surface area contributed by atoms with Gasteiger partial charge in [-0.25, -0.2) is 18.4 Å². The molecule has 1 aromatic carbocycles. The Morgan fingerprint density at radius 2 is 1.95 bits per heavy atom. The molecule has 4 N–H and O–H groups in total. The van der Waals surface area contributed by atoms with Gasteiger partial charge in [0.2, 0.25) is 0 Å². The number of rotatable bonds is 5. The zero-order chi connectivity index (χ0) is 16.2. The van der Waals surface area contributed by atoms with Crippen LogP contribution in [-0.4, -0.2) is 35.6 Å². The first kappa shape index (κ1) is 16.5. The van der Waals surface area contributed by atoms with Crippen molar-refractivity contribution in [2.24, 2.45) is 5.73 Å². The molecule has 0 aliphatic carbocycles. The molecule has 0 saturated heterocycles. The monoisotopic (exact) mass is 302 g/mol. The van der Waals surface area contributed by atoms with Crippen molar-refractivity contribution in [2.45, 2.75) is 13.0 Å². The zero-order valence-electron chi connectivity index (χ0n) is 10.9. The maximum absolute atomic E-state index is 13.5. The number of amides is 1. The molecule has 114 valence electrons. The van der Waals surface area contributed by atoms with Crippen molar-refractivity contribution in [2.75, 3.05) is 11.9 Å². The maximum atomic E-state index is 13.5. The number of hydrogen-bond donors (Lipinski definition) is 3. The van der Waals surface area contributed by atoms with Crippen LogP contribution in [0.4, 0.5) is 14.5 Å². The van der Waals surface area contributed by atoms with E-state index in [0.29, 0.717) is 12.1 Å². The van der Waals surface area contributed by atoms with Crippen molar-refractivity contribution >= 4 is 23.5 Å². The molecule has 1 aromatic rings. The summed E-state index contributed by atoms with van der Waals surface area (Å²) in [5.41, 5.74) is 3.82. The summed E-state index contributed by atoms with van der Waals surface area (Å²) in [6, 6.07) is -0.833. The van der Waals surface area contributed by atoms with Gasteiger partial charge in [-0.1, -0.05) is 0 Å². The van der Waals surface area contributed by atoms with E-state index >= 15 is 0 Å². The molecule has 0 aliphatic rings. The number of ether oxygens (including phenoxy) is 1. The van der Waals surface area contributed by atoms with Crippen LogP contribution in [0.25, 0.3) is 0 Å². The number of nitrogens with one attached hydrogen (secondary N) is 1. The lowest BCUT2D eigenvalue weighted by Gasteiger charge is -2.12. The van der Waals surface area contributed by atoms with E-state index in [-0.39, 0.29) is 6.61 Å². The number of halogens is 2. The Kier molecular flexibility index (Phi) is 5.30. The number of aromatic carboxylic acids is 1. The average Bonchev–Trinajstić information content (AvgIpc) is 2.40. The number of anilines is 1. The van der Waals surface area contributed by atoms with Crippen molar-refractivity contribution in [3.05, 3.63) is 29.3 Å². The van der Waals surface area contributed by atoms with Gasteiger partial charge in [-0.3, -0.25) is 4.79 Å². The molecule has 0 saturated carbocycles. The van der Waals surface area contributed by atoms with E-state index < -0.39 is 46.8 Å². The van der Waals surface area contributed by atoms with Gasteiger partial charge < -0.3 is 20.9 Å². The first-order chi connectivity index (χ1) is 9.77. The maximum Gasteiger partial charge on any atom is 0.338 e. The van der Waals surface area contributed by atoms with Gasteiger partial charge in [0.05, 0.1) is 17.9 Å². The fourth-order valence-electron chi connectivity index (χ4n) is 1.36. The van der Waals surface area contributed by atoms with Gasteiger partial charge in [0.25, 0.3) is 5.91 Å². The Bertz CT molecular complexity index is 591. The third-order valence-corrected chi connectivity index (χ3v) is 2.37. The molecule has 0 heterocycles. The third kappa shape index (κ3) is 3.96. The second kappa shape index (κ2) is 6.75. The lowest BCUT2D eigenvalue weighted by atomic mass is 10.1. The normalized spacial score (nSPS) is 11.6. The average molecular weight is 302 g/mol. The molecule has 0 aliphatic heterocycles. The van der Waals surface area contributed by atoms with Gasteiger partial charge in [-0.05, 0) is 13.0 Å². The highest BCUT2D eigenvalue weighted by atomic mass is 19.1. The minimum Gasteiger partial charge on any atom is -0.478 e. The molecule has 1 unspecified atom stereocenters. The standard InChI is InChI=1S/C12H12F2N2O5/c1-2-21-12(20)9(15)10(17)16-8-3-5(11(18)19)6(13)4-7(8)14/h3-4,9H,2,15H2,1H3,(H,16,17)(H,18,19). The van der Waals surface area contributed by atoms with E-state index in [1.807, 2.05) is 5.32 Å². The minimum atomic E-state index is -1.72. The molecular weight excluding hydrogens is 290 g/mol. The van der Waals surface area contributed by atoms with Crippen molar-refractivity contribution in [3.63, 3.8) is 0 Å². The molecule has 0 radical (unpaired) electrons. The van der Waals surface area contributed by atoms with Gasteiger partial charge in [-0.15, -0.1) is 0 Å². The number of benzene rings is 1. The van der Waals surface area contributed by atoms with Crippen LogP contribution in [0.5, 0.6) is 0 Å². The van der Waals surface area contributed by atoms with Crippen LogP contribution in [0.15, 0.2) is 12.1 Å². The van der Waals surface area contributed by atoms with Crippen molar-refractivity contribution in [1.82, 2.24) is 0 Å². The Morgan fingerprint density at radius 3 is 2.48 bits per heavy atom. The fourth-order valence-corrected chi connectivity index (χ4v) is 1.36. The molecular formula is C12H12F2N2O5. The molecule has 0 aromatic heterocycles. The number of nitrogens with two attached hydrogens (primary N) is 1. The van der Waals surface area contributed by atoms with E-state index in [2.05, 4.69) is 4.74 Å². The molecule has 1 amide bonds. The Morgan fingerprint density at radius 1 is 1.33 bits per heavy atom. The Labute approximate surface area is 117 Å². The number of carboxylic acid groups (broad SMARTS) is 1. The Balaban J connectivity index is 2.97. The summed E-state index contributed by atoms with van der Waals surface area (Å²) < 4.78 is 31.1. The van der Waals surface area contributed by atoms with Crippen LogP contribution in [-0.2, 0) is 14.3 Å². The van der Waals surface area contributed by atoms with Gasteiger partial charge in [-0.2, -0.15) is 0 Å². The molecule has 21 heavy (non-hydrogen) atoms. The summed E-state index contributed by atoms with van der Waals surface area (Å²) in [4.78, 5) is 33.6. The van der Waals surface area contributed by atoms with E-state index in [1.165, 1.54) is 6.92 Å². The lowest BCUT2D eigenvalue weighted by molar-refractivity contribution is -0.146. The summed E-state index contributed by atoms with van der Waals surface area (Å²) in [5, 5.41) is 10.6. The van der Waals surface area contributed by atoms with Crippen LogP contribution >= 0.6 is 0 Å². The number of esters is 1. The Hall–Kier alpha value is -2.55. The SMILES string of the molecule is CCOC(=O)C(N)C(=O)Nc1cc(C(=O)O)c(F)cc1F. The fraction of sp³-hybridized carbons (Fsp3) is 0.250. The van der Waals surface area contributed by atoms with Gasteiger partial charge in [0.1, 0.15) is 11.6 Å². The van der Waals surface area contributed by atoms with Crippen LogP contribution in [0.2, 0.25) is 0 Å². The minimum absolute atomic E-state index is 0.00607. The van der Waals surface area contributed by atoms with Crippen molar-refractivity contribution in [1.29, 1.82) is 0 Å². The van der Waals surface area contributed by atoms with E-state index in [4.69, 9.17) is 10.8 Å². The topological polar surface area (TPSA) is 119 Å². The second-order valence-corrected chi connectivity index (χ2v) is 3.84. The van der Waals surface area contributed by atoms with Gasteiger partial charge in [0, 0.05) is 6.07 Å². The first-order valence-electron chi connectivity index (χ1n) is 5.73. The van der Waals surface area contributed by atoms with Gasteiger partial charge in [0.15, 0.2) is 6.04 Å². The number of carboxylic acids is 1. The van der Waals surface area contributed by atoms with Gasteiger partial charge >= 0.3 is 11.9 Å². The first-order valence-corrected chi connectivity index (χ1v) is 5.73. The largest absolute Gasteiger partial charge is 0.478 e. The highest BCUT2D eigenvalue weighted by molar-refractivity contribution is 6.08. The molecule has 0 spiro atoms. The molecule has 7 nitrogen and oxygen atoms in total. The summed E-state index contributed by atoms with van der Waals surface area (Å²) in [6.45, 7) is 1.50. The number of hydrogen-bond acceptors (Lipinski definition) is 5. The molecule has 0 fully saturated rings. The summed E-state index contributed by atoms with van der Waals surface area (Å²) in [5.74, 6) is -6.29. The number of carbonyl (C=O) groups excluding carboxylic acids is 2.